The molecular weight excluding hydrogens is 371 g/mol. The molecule has 0 aromatic heterocycles. The fourth-order valence-electron chi connectivity index (χ4n) is 0.802. The monoisotopic (exact) mass is 387 g/mol. The molecule has 0 aliphatic rings. The Bertz CT molecular complexity index is 349. The molecule has 2 N–H and O–H groups in total. The van der Waals surface area contributed by atoms with Crippen molar-refractivity contribution in [1.82, 2.24) is 10.6 Å². The summed E-state index contributed by atoms with van der Waals surface area (Å²) in [5, 5.41) is 21.6. The van der Waals surface area contributed by atoms with Crippen LogP contribution in [0.25, 0.3) is 0 Å². The van der Waals surface area contributed by atoms with Crippen LogP contribution < -0.4 is 10.6 Å². The molecule has 104 valence electrons. The van der Waals surface area contributed by atoms with Gasteiger partial charge >= 0.3 is 22.4 Å². The van der Waals surface area contributed by atoms with Gasteiger partial charge in [0, 0.05) is 31.9 Å². The van der Waals surface area contributed by atoms with Crippen molar-refractivity contribution < 1.29 is 22.4 Å². The maximum absolute atomic E-state index is 8.22. The van der Waals surface area contributed by atoms with Gasteiger partial charge in [-0.05, 0) is 24.2 Å². The second-order valence-electron chi connectivity index (χ2n) is 3.16. The number of nitrogens with zero attached hydrogens (tertiary/aromatic N) is 4. The summed E-state index contributed by atoms with van der Waals surface area (Å²) in [4.78, 5) is 0. The van der Waals surface area contributed by atoms with Crippen LogP contribution in [0, 0.1) is 0 Å². The summed E-state index contributed by atoms with van der Waals surface area (Å²) >= 11 is 10.6. The number of hydrogen-bond donors (Lipinski definition) is 2. The molecule has 0 atom stereocenters. The van der Waals surface area contributed by atoms with Crippen LogP contribution in [0.15, 0.2) is 20.4 Å². The number of rotatable bonds is 4. The van der Waals surface area contributed by atoms with Crippen molar-refractivity contribution in [3.05, 3.63) is 0 Å². The van der Waals surface area contributed by atoms with Crippen molar-refractivity contribution in [2.75, 3.05) is 14.1 Å². The van der Waals surface area contributed by atoms with Crippen LogP contribution in [0.3, 0.4) is 0 Å². The van der Waals surface area contributed by atoms with Crippen LogP contribution in [0.5, 0.6) is 0 Å². The minimum absolute atomic E-state index is 0.347. The van der Waals surface area contributed by atoms with E-state index in [0.29, 0.717) is 16.8 Å². The average molecular weight is 387 g/mol. The third kappa shape index (κ3) is 13.4. The first-order valence-corrected chi connectivity index (χ1v) is 6.64. The normalized spacial score (nSPS) is 13.6. The molecule has 0 fully saturated rings. The fourth-order valence-corrected chi connectivity index (χ4v) is 0.884. The van der Waals surface area contributed by atoms with Gasteiger partial charge in [-0.1, -0.05) is 0 Å². The van der Waals surface area contributed by atoms with E-state index in [2.05, 4.69) is 31.0 Å². The van der Waals surface area contributed by atoms with Crippen LogP contribution >= 0.6 is 0 Å². The Balaban J connectivity index is 0. The summed E-state index contributed by atoms with van der Waals surface area (Å²) in [5.74, 6) is 0. The quantitative estimate of drug-likeness (QED) is 0.312. The van der Waals surface area contributed by atoms with E-state index in [9.17, 15) is 0 Å². The van der Waals surface area contributed by atoms with Crippen molar-refractivity contribution in [3.63, 3.8) is 0 Å². The summed E-state index contributed by atoms with van der Waals surface area (Å²) < 4.78 is 8.22. The van der Waals surface area contributed by atoms with Crippen molar-refractivity contribution in [2.24, 2.45) is 20.4 Å². The molecule has 19 heavy (non-hydrogen) atoms. The van der Waals surface area contributed by atoms with Crippen molar-refractivity contribution in [2.45, 2.75) is 20.3 Å². The Kier molecular flexibility index (Phi) is 14.7. The molecule has 0 heterocycles. The van der Waals surface area contributed by atoms with Gasteiger partial charge in [0.2, 0.25) is 0 Å². The maximum atomic E-state index is 8.22. The van der Waals surface area contributed by atoms with E-state index in [1.807, 2.05) is 13.8 Å². The van der Waals surface area contributed by atoms with E-state index in [0.717, 1.165) is 30.3 Å². The Labute approximate surface area is 134 Å². The summed E-state index contributed by atoms with van der Waals surface area (Å²) in [5.41, 5.74) is 1.60. The van der Waals surface area contributed by atoms with Gasteiger partial charge in [0.1, 0.15) is 0 Å². The number of hydrogen-bond acceptors (Lipinski definition) is 7. The summed E-state index contributed by atoms with van der Waals surface area (Å²) in [7, 11) is 3.39. The first kappa shape index (κ1) is 20.5. The molecule has 0 aromatic carbocycles. The van der Waals surface area contributed by atoms with Crippen molar-refractivity contribution in [3.8, 4) is 0 Å². The molecule has 7 nitrogen and oxygen atoms in total. The molecular formula is C9H16N6OS2Tc+3. The first-order chi connectivity index (χ1) is 8.99. The van der Waals surface area contributed by atoms with E-state index in [4.69, 9.17) is 28.8 Å². The topological polar surface area (TPSA) is 90.6 Å². The van der Waals surface area contributed by atoms with Crippen molar-refractivity contribution >= 4 is 47.0 Å². The molecule has 0 saturated heterocycles. The molecule has 0 bridgehead atoms. The Morgan fingerprint density at radius 2 is 1.21 bits per heavy atom. The molecule has 0 aliphatic carbocycles. The Morgan fingerprint density at radius 3 is 1.47 bits per heavy atom. The van der Waals surface area contributed by atoms with Crippen LogP contribution in [0.4, 0.5) is 0 Å². The predicted molar refractivity (Wildman–Crippen MR) is 79.2 cm³/mol. The van der Waals surface area contributed by atoms with Crippen LogP contribution in [0.1, 0.15) is 20.3 Å². The molecule has 0 rings (SSSR count). The molecule has 0 amide bonds. The van der Waals surface area contributed by atoms with Gasteiger partial charge in [-0.15, -0.1) is 0 Å². The third-order valence-corrected chi connectivity index (χ3v) is 2.13. The van der Waals surface area contributed by atoms with E-state index < -0.39 is 0 Å². The first-order valence-electron chi connectivity index (χ1n) is 5.06. The fraction of sp³-hybridized carbons (Fsp3) is 0.556. The van der Waals surface area contributed by atoms with E-state index in [-0.39, 0.29) is 0 Å². The number of amidine groups is 2. The third-order valence-electron chi connectivity index (χ3n) is 1.56. The molecule has 0 saturated carbocycles. The zero-order valence-corrected chi connectivity index (χ0v) is 14.6. The van der Waals surface area contributed by atoms with Gasteiger partial charge in [-0.3, -0.25) is 0 Å². The SMILES string of the molecule is CN/C([S-])=N/N=C(\C)C/C(C)=N/N=C(\[S-])NC.[O]=[99Tc+5]. The second-order valence-corrected chi connectivity index (χ2v) is 3.93. The zero-order valence-electron chi connectivity index (χ0n) is 11.1. The average Bonchev–Trinajstić information content (AvgIpc) is 2.44. The van der Waals surface area contributed by atoms with Crippen LogP contribution in [-0.4, -0.2) is 35.9 Å². The minimum atomic E-state index is 0.347. The Hall–Kier alpha value is -0.831. The van der Waals surface area contributed by atoms with Crippen LogP contribution in [-0.2, 0) is 47.6 Å². The van der Waals surface area contributed by atoms with Gasteiger partial charge < -0.3 is 35.9 Å². The molecule has 0 spiro atoms. The zero-order chi connectivity index (χ0) is 15.3. The van der Waals surface area contributed by atoms with Crippen molar-refractivity contribution in [1.29, 1.82) is 0 Å². The van der Waals surface area contributed by atoms with E-state index in [1.54, 1.807) is 14.1 Å². The Morgan fingerprint density at radius 1 is 0.895 bits per heavy atom. The van der Waals surface area contributed by atoms with E-state index in [1.165, 1.54) is 0 Å². The van der Waals surface area contributed by atoms with E-state index >= 15 is 0 Å². The molecule has 10 heteroatoms. The van der Waals surface area contributed by atoms with Gasteiger partial charge in [-0.2, -0.15) is 20.4 Å². The van der Waals surface area contributed by atoms with Gasteiger partial charge in [0.05, 0.1) is 0 Å². The van der Waals surface area contributed by atoms with Gasteiger partial charge in [0.15, 0.2) is 0 Å². The number of nitrogens with one attached hydrogen (secondary N) is 2. The summed E-state index contributed by atoms with van der Waals surface area (Å²) in [6, 6.07) is 0. The molecule has 0 aliphatic heterocycles. The second kappa shape index (κ2) is 13.6. The van der Waals surface area contributed by atoms with Gasteiger partial charge in [-0.25, -0.2) is 0 Å². The summed E-state index contributed by atoms with van der Waals surface area (Å²) in [6.07, 6.45) is 0.575. The van der Waals surface area contributed by atoms with Gasteiger partial charge in [0.25, 0.3) is 0 Å². The standard InChI is InChI=1S/C9H18N6S2.O.Tc/c1-6(12-14-8(16)10-3)5-7(2)13-15-9(17)11-4;;/h5H2,1-4H3,(H2,10,14,16)(H2,11,15,17);;/q;;+5/p-2/b12-6+,13-7+;;/i;;1+1. The molecule has 0 unspecified atom stereocenters. The summed E-state index contributed by atoms with van der Waals surface area (Å²) in [6.45, 7) is 3.69. The molecule has 0 radical (unpaired) electrons. The molecule has 0 aromatic rings. The predicted octanol–water partition coefficient (Wildman–Crippen LogP) is 0.252. The van der Waals surface area contributed by atoms with Crippen LogP contribution in [0.2, 0.25) is 0 Å².